The molecule has 1 amide bonds. The van der Waals surface area contributed by atoms with Gasteiger partial charge in [-0.05, 0) is 36.5 Å². The Labute approximate surface area is 177 Å². The zero-order chi connectivity index (χ0) is 21.9. The second-order valence-corrected chi connectivity index (χ2v) is 8.66. The highest BCUT2D eigenvalue weighted by Crippen LogP contribution is 2.49. The number of ether oxygens (including phenoxy) is 2. The summed E-state index contributed by atoms with van der Waals surface area (Å²) in [6.07, 6.45) is -0.277. The van der Waals surface area contributed by atoms with Crippen molar-refractivity contribution < 1.29 is 24.2 Å². The van der Waals surface area contributed by atoms with E-state index >= 15 is 0 Å². The third-order valence-corrected chi connectivity index (χ3v) is 5.73. The molecule has 29 heavy (non-hydrogen) atoms. The normalized spacial score (nSPS) is 24.3. The lowest BCUT2D eigenvalue weighted by molar-refractivity contribution is -0.151. The Morgan fingerprint density at radius 3 is 2.52 bits per heavy atom. The van der Waals surface area contributed by atoms with Gasteiger partial charge in [-0.1, -0.05) is 57.2 Å². The first kappa shape index (κ1) is 23.2. The Kier molecular flexibility index (Phi) is 7.35. The minimum Gasteiger partial charge on any atom is -0.464 e. The SMILES string of the molecule is C=CCOC(=O)N1[C@H](C(=O)OCC)[C@@H](C(C)(C)C)[C@H](O)[C@@H]1c1cccc(Cl)c1C. The summed E-state index contributed by atoms with van der Waals surface area (Å²) < 4.78 is 10.6. The summed E-state index contributed by atoms with van der Waals surface area (Å²) in [6, 6.07) is 3.51. The number of likely N-dealkylation sites (tertiary alicyclic amines) is 1. The van der Waals surface area contributed by atoms with Crippen LogP contribution in [-0.2, 0) is 14.3 Å². The summed E-state index contributed by atoms with van der Waals surface area (Å²) in [7, 11) is 0. The van der Waals surface area contributed by atoms with E-state index < -0.39 is 41.6 Å². The molecule has 160 valence electrons. The smallest absolute Gasteiger partial charge is 0.411 e. The summed E-state index contributed by atoms with van der Waals surface area (Å²) >= 11 is 6.30. The fourth-order valence-electron chi connectivity index (χ4n) is 4.08. The molecule has 0 spiro atoms. The van der Waals surface area contributed by atoms with Gasteiger partial charge in [0.1, 0.15) is 12.6 Å². The molecule has 0 radical (unpaired) electrons. The second-order valence-electron chi connectivity index (χ2n) is 8.25. The van der Waals surface area contributed by atoms with Crippen LogP contribution >= 0.6 is 11.6 Å². The van der Waals surface area contributed by atoms with Crippen molar-refractivity contribution in [3.63, 3.8) is 0 Å². The minimum atomic E-state index is -1.02. The van der Waals surface area contributed by atoms with Gasteiger partial charge in [0.15, 0.2) is 0 Å². The fourth-order valence-corrected chi connectivity index (χ4v) is 4.26. The van der Waals surface area contributed by atoms with Gasteiger partial charge in [0.2, 0.25) is 0 Å². The molecule has 0 aliphatic carbocycles. The van der Waals surface area contributed by atoms with Crippen LogP contribution in [0.1, 0.15) is 44.9 Å². The summed E-state index contributed by atoms with van der Waals surface area (Å²) in [4.78, 5) is 27.3. The van der Waals surface area contributed by atoms with Crippen molar-refractivity contribution in [3.8, 4) is 0 Å². The van der Waals surface area contributed by atoms with Crippen molar-refractivity contribution in [1.29, 1.82) is 0 Å². The Hall–Kier alpha value is -2.05. The van der Waals surface area contributed by atoms with E-state index in [1.807, 2.05) is 27.7 Å². The molecule has 1 aromatic rings. The molecule has 0 bridgehead atoms. The first-order valence-corrected chi connectivity index (χ1v) is 10.1. The Bertz CT molecular complexity index is 773. The van der Waals surface area contributed by atoms with E-state index in [1.54, 1.807) is 25.1 Å². The van der Waals surface area contributed by atoms with Gasteiger partial charge in [0.05, 0.1) is 18.8 Å². The van der Waals surface area contributed by atoms with E-state index in [4.69, 9.17) is 21.1 Å². The molecule has 1 aromatic carbocycles. The number of aliphatic hydroxyl groups excluding tert-OH is 1. The van der Waals surface area contributed by atoms with Crippen LogP contribution < -0.4 is 0 Å². The number of hydrogen-bond acceptors (Lipinski definition) is 5. The standard InChI is InChI=1S/C22H30ClNO5/c1-7-12-29-21(27)24-17(14-10-9-11-15(23)13(14)3)19(25)16(22(4,5)6)18(24)20(26)28-8-2/h7,9-11,16-19,25H,1,8,12H2,2-6H3/t16-,17+,18+,19+/m1/s1. The number of carbonyl (C=O) groups is 2. The van der Waals surface area contributed by atoms with Gasteiger partial charge < -0.3 is 14.6 Å². The number of benzene rings is 1. The van der Waals surface area contributed by atoms with Crippen molar-refractivity contribution in [2.24, 2.45) is 11.3 Å². The van der Waals surface area contributed by atoms with E-state index in [2.05, 4.69) is 6.58 Å². The van der Waals surface area contributed by atoms with E-state index in [0.717, 1.165) is 5.56 Å². The van der Waals surface area contributed by atoms with Crippen LogP contribution in [0.15, 0.2) is 30.9 Å². The summed E-state index contributed by atoms with van der Waals surface area (Å²) in [5.41, 5.74) is 0.910. The average Bonchev–Trinajstić information content (AvgIpc) is 2.95. The number of rotatable bonds is 5. The molecule has 1 fully saturated rings. The van der Waals surface area contributed by atoms with Crippen molar-refractivity contribution in [3.05, 3.63) is 47.0 Å². The Morgan fingerprint density at radius 1 is 1.31 bits per heavy atom. The lowest BCUT2D eigenvalue weighted by Crippen LogP contribution is -2.48. The van der Waals surface area contributed by atoms with Crippen LogP contribution in [-0.4, -0.2) is 47.4 Å². The molecule has 1 saturated heterocycles. The fraction of sp³-hybridized carbons (Fsp3) is 0.545. The second kappa shape index (κ2) is 9.18. The number of hydrogen-bond donors (Lipinski definition) is 1. The minimum absolute atomic E-state index is 0.0115. The predicted molar refractivity (Wildman–Crippen MR) is 112 cm³/mol. The summed E-state index contributed by atoms with van der Waals surface area (Å²) in [5.74, 6) is -1.13. The lowest BCUT2D eigenvalue weighted by Gasteiger charge is -2.34. The number of amides is 1. The Balaban J connectivity index is 2.67. The van der Waals surface area contributed by atoms with Gasteiger partial charge in [0.25, 0.3) is 0 Å². The molecule has 1 heterocycles. The number of carbonyl (C=O) groups excluding carboxylic acids is 2. The van der Waals surface area contributed by atoms with Crippen LogP contribution in [0.25, 0.3) is 0 Å². The molecule has 6 nitrogen and oxygen atoms in total. The first-order chi connectivity index (χ1) is 13.6. The molecule has 1 N–H and O–H groups in total. The first-order valence-electron chi connectivity index (χ1n) is 9.71. The van der Waals surface area contributed by atoms with Crippen molar-refractivity contribution in [2.45, 2.75) is 52.8 Å². The van der Waals surface area contributed by atoms with E-state index in [9.17, 15) is 14.7 Å². The van der Waals surface area contributed by atoms with Gasteiger partial charge in [-0.25, -0.2) is 9.59 Å². The maximum atomic E-state index is 13.0. The monoisotopic (exact) mass is 423 g/mol. The molecular weight excluding hydrogens is 394 g/mol. The number of esters is 1. The number of nitrogens with zero attached hydrogens (tertiary/aromatic N) is 1. The van der Waals surface area contributed by atoms with Crippen LogP contribution in [0.3, 0.4) is 0 Å². The van der Waals surface area contributed by atoms with E-state index in [1.165, 1.54) is 11.0 Å². The van der Waals surface area contributed by atoms with Gasteiger partial charge in [0, 0.05) is 10.9 Å². The van der Waals surface area contributed by atoms with Gasteiger partial charge in [-0.2, -0.15) is 0 Å². The van der Waals surface area contributed by atoms with Crippen LogP contribution in [0.5, 0.6) is 0 Å². The molecular formula is C22H30ClNO5. The Morgan fingerprint density at radius 2 is 1.97 bits per heavy atom. The van der Waals surface area contributed by atoms with Crippen LogP contribution in [0.4, 0.5) is 4.79 Å². The maximum Gasteiger partial charge on any atom is 0.411 e. The van der Waals surface area contributed by atoms with Gasteiger partial charge >= 0.3 is 12.1 Å². The van der Waals surface area contributed by atoms with Gasteiger partial charge in [-0.15, -0.1) is 0 Å². The van der Waals surface area contributed by atoms with Crippen molar-refractivity contribution >= 4 is 23.7 Å². The molecule has 4 atom stereocenters. The van der Waals surface area contributed by atoms with Crippen LogP contribution in [0, 0.1) is 18.3 Å². The molecule has 2 rings (SSSR count). The third-order valence-electron chi connectivity index (χ3n) is 5.32. The quantitative estimate of drug-likeness (QED) is 0.565. The highest BCUT2D eigenvalue weighted by Gasteiger charge is 2.59. The molecule has 0 unspecified atom stereocenters. The molecule has 0 saturated carbocycles. The topological polar surface area (TPSA) is 76.1 Å². The number of halogens is 1. The zero-order valence-electron chi connectivity index (χ0n) is 17.6. The molecule has 7 heteroatoms. The van der Waals surface area contributed by atoms with Crippen molar-refractivity contribution in [1.82, 2.24) is 4.90 Å². The molecule has 1 aliphatic rings. The largest absolute Gasteiger partial charge is 0.464 e. The lowest BCUT2D eigenvalue weighted by atomic mass is 9.73. The molecule has 0 aromatic heterocycles. The van der Waals surface area contributed by atoms with E-state index in [0.29, 0.717) is 10.6 Å². The summed E-state index contributed by atoms with van der Waals surface area (Å²) in [5, 5.41) is 11.9. The predicted octanol–water partition coefficient (Wildman–Crippen LogP) is 4.28. The summed E-state index contributed by atoms with van der Waals surface area (Å²) in [6.45, 7) is 13.0. The van der Waals surface area contributed by atoms with Crippen molar-refractivity contribution in [2.75, 3.05) is 13.2 Å². The van der Waals surface area contributed by atoms with Crippen LogP contribution in [0.2, 0.25) is 5.02 Å². The van der Waals surface area contributed by atoms with E-state index in [-0.39, 0.29) is 13.2 Å². The highest BCUT2D eigenvalue weighted by molar-refractivity contribution is 6.31. The highest BCUT2D eigenvalue weighted by atomic mass is 35.5. The average molecular weight is 424 g/mol. The number of aliphatic hydroxyl groups is 1. The molecule has 1 aliphatic heterocycles. The zero-order valence-corrected chi connectivity index (χ0v) is 18.4. The maximum absolute atomic E-state index is 13.0. The van der Waals surface area contributed by atoms with Gasteiger partial charge in [-0.3, -0.25) is 4.90 Å². The third kappa shape index (κ3) is 4.59.